The molecule has 2 fully saturated rings. The van der Waals surface area contributed by atoms with Crippen LogP contribution in [0.3, 0.4) is 0 Å². The first kappa shape index (κ1) is 13.1. The summed E-state index contributed by atoms with van der Waals surface area (Å²) in [6, 6.07) is 18.7. The summed E-state index contributed by atoms with van der Waals surface area (Å²) in [4.78, 5) is 0. The topological polar surface area (TPSA) is 29.5 Å². The highest BCUT2D eigenvalue weighted by Gasteiger charge is 2.44. The second-order valence-electron chi connectivity index (χ2n) is 6.34. The second kappa shape index (κ2) is 4.97. The first-order valence-electron chi connectivity index (χ1n) is 7.77. The van der Waals surface area contributed by atoms with E-state index in [0.717, 1.165) is 31.2 Å². The molecular formula is C19H20O2. The zero-order valence-electron chi connectivity index (χ0n) is 12.0. The van der Waals surface area contributed by atoms with Gasteiger partial charge in [-0.2, -0.15) is 0 Å². The normalized spacial score (nSPS) is 31.3. The first-order valence-corrected chi connectivity index (χ1v) is 7.77. The molecule has 21 heavy (non-hydrogen) atoms. The Labute approximate surface area is 125 Å². The summed E-state index contributed by atoms with van der Waals surface area (Å²) >= 11 is 0. The van der Waals surface area contributed by atoms with Crippen molar-refractivity contribution in [3.8, 4) is 11.1 Å². The number of aliphatic hydroxyl groups is 1. The Bertz CT molecular complexity index is 623. The van der Waals surface area contributed by atoms with Gasteiger partial charge in [0.1, 0.15) is 0 Å². The number of hydrogen-bond acceptors (Lipinski definition) is 2. The fraction of sp³-hybridized carbons (Fsp3) is 0.368. The number of benzene rings is 2. The molecule has 1 N–H and O–H groups in total. The van der Waals surface area contributed by atoms with Crippen LogP contribution in [0.25, 0.3) is 11.1 Å². The van der Waals surface area contributed by atoms with Crippen molar-refractivity contribution in [3.63, 3.8) is 0 Å². The molecule has 0 radical (unpaired) electrons. The number of hydrogen-bond donors (Lipinski definition) is 1. The van der Waals surface area contributed by atoms with Gasteiger partial charge in [0.15, 0.2) is 0 Å². The summed E-state index contributed by atoms with van der Waals surface area (Å²) in [5, 5.41) is 11.1. The molecule has 2 atom stereocenters. The molecule has 2 aliphatic heterocycles. The summed E-state index contributed by atoms with van der Waals surface area (Å²) < 4.78 is 5.87. The third-order valence-corrected chi connectivity index (χ3v) is 4.83. The molecule has 2 saturated heterocycles. The van der Waals surface area contributed by atoms with E-state index >= 15 is 0 Å². The van der Waals surface area contributed by atoms with Crippen molar-refractivity contribution < 1.29 is 9.84 Å². The van der Waals surface area contributed by atoms with Crippen molar-refractivity contribution in [2.75, 3.05) is 0 Å². The maximum atomic E-state index is 11.1. The van der Waals surface area contributed by atoms with Crippen molar-refractivity contribution in [2.45, 2.75) is 43.5 Å². The monoisotopic (exact) mass is 280 g/mol. The van der Waals surface area contributed by atoms with Crippen LogP contribution in [-0.2, 0) is 10.3 Å². The lowest BCUT2D eigenvalue weighted by Crippen LogP contribution is -2.38. The summed E-state index contributed by atoms with van der Waals surface area (Å²) in [6.07, 6.45) is 4.09. The number of fused-ring (bicyclic) bond motifs is 2. The molecule has 2 aromatic carbocycles. The zero-order chi connectivity index (χ0) is 14.3. The molecule has 108 valence electrons. The van der Waals surface area contributed by atoms with Gasteiger partial charge in [-0.05, 0) is 35.6 Å². The van der Waals surface area contributed by atoms with Crippen molar-refractivity contribution in [2.24, 2.45) is 0 Å². The smallest absolute Gasteiger partial charge is 0.0946 e. The molecule has 2 unspecified atom stereocenters. The van der Waals surface area contributed by atoms with Crippen LogP contribution < -0.4 is 0 Å². The van der Waals surface area contributed by atoms with Crippen molar-refractivity contribution >= 4 is 0 Å². The molecule has 4 rings (SSSR count). The lowest BCUT2D eigenvalue weighted by Gasteiger charge is -2.37. The molecule has 0 amide bonds. The van der Waals surface area contributed by atoms with Crippen LogP contribution in [0.2, 0.25) is 0 Å². The molecule has 0 saturated carbocycles. The largest absolute Gasteiger partial charge is 0.385 e. The van der Waals surface area contributed by atoms with E-state index < -0.39 is 5.60 Å². The van der Waals surface area contributed by atoms with Crippen LogP contribution in [0, 0.1) is 0 Å². The summed E-state index contributed by atoms with van der Waals surface area (Å²) in [5.41, 5.74) is 2.66. The predicted octanol–water partition coefficient (Wildman–Crippen LogP) is 3.88. The standard InChI is InChI=1S/C19H20O2/c20-19(12-17-9-10-18(13-19)21-17)16-8-4-7-15(11-16)14-5-2-1-3-6-14/h1-8,11,17-18,20H,9-10,12-13H2. The van der Waals surface area contributed by atoms with Gasteiger partial charge in [-0.15, -0.1) is 0 Å². The van der Waals surface area contributed by atoms with Gasteiger partial charge in [-0.3, -0.25) is 0 Å². The van der Waals surface area contributed by atoms with Crippen LogP contribution >= 0.6 is 0 Å². The van der Waals surface area contributed by atoms with Gasteiger partial charge in [0.2, 0.25) is 0 Å². The Morgan fingerprint density at radius 1 is 0.857 bits per heavy atom. The molecule has 2 heteroatoms. The third kappa shape index (κ3) is 2.39. The zero-order valence-corrected chi connectivity index (χ0v) is 12.0. The molecule has 0 aromatic heterocycles. The van der Waals surface area contributed by atoms with Gasteiger partial charge in [-0.25, -0.2) is 0 Å². The highest BCUT2D eigenvalue weighted by molar-refractivity contribution is 5.64. The van der Waals surface area contributed by atoms with Crippen LogP contribution in [0.1, 0.15) is 31.2 Å². The van der Waals surface area contributed by atoms with Crippen LogP contribution in [0.15, 0.2) is 54.6 Å². The molecule has 0 aliphatic carbocycles. The first-order chi connectivity index (χ1) is 10.2. The van der Waals surface area contributed by atoms with Crippen LogP contribution in [0.5, 0.6) is 0 Å². The van der Waals surface area contributed by atoms with Gasteiger partial charge in [0, 0.05) is 12.8 Å². The van der Waals surface area contributed by atoms with Gasteiger partial charge in [0.25, 0.3) is 0 Å². The Balaban J connectivity index is 1.69. The van der Waals surface area contributed by atoms with Gasteiger partial charge in [-0.1, -0.05) is 48.5 Å². The minimum absolute atomic E-state index is 0.231. The second-order valence-corrected chi connectivity index (χ2v) is 6.34. The van der Waals surface area contributed by atoms with E-state index in [-0.39, 0.29) is 12.2 Å². The van der Waals surface area contributed by atoms with Crippen molar-refractivity contribution in [3.05, 3.63) is 60.2 Å². The minimum atomic E-state index is -0.727. The molecule has 2 heterocycles. The highest BCUT2D eigenvalue weighted by atomic mass is 16.5. The predicted molar refractivity (Wildman–Crippen MR) is 82.9 cm³/mol. The Kier molecular flexibility index (Phi) is 3.09. The van der Waals surface area contributed by atoms with Crippen LogP contribution in [0.4, 0.5) is 0 Å². The maximum Gasteiger partial charge on any atom is 0.0946 e. The van der Waals surface area contributed by atoms with E-state index in [2.05, 4.69) is 30.3 Å². The Morgan fingerprint density at radius 3 is 2.24 bits per heavy atom. The van der Waals surface area contributed by atoms with E-state index in [1.807, 2.05) is 24.3 Å². The molecule has 2 nitrogen and oxygen atoms in total. The van der Waals surface area contributed by atoms with Gasteiger partial charge < -0.3 is 9.84 Å². The quantitative estimate of drug-likeness (QED) is 0.904. The average molecular weight is 280 g/mol. The molecule has 0 spiro atoms. The average Bonchev–Trinajstić information content (AvgIpc) is 2.88. The molecule has 2 aromatic rings. The van der Waals surface area contributed by atoms with Gasteiger partial charge in [0.05, 0.1) is 17.8 Å². The third-order valence-electron chi connectivity index (χ3n) is 4.83. The summed E-state index contributed by atoms with van der Waals surface area (Å²) in [5.74, 6) is 0. The van der Waals surface area contributed by atoms with E-state index in [1.54, 1.807) is 0 Å². The fourth-order valence-electron chi connectivity index (χ4n) is 3.77. The van der Waals surface area contributed by atoms with E-state index in [1.165, 1.54) is 11.1 Å². The molecule has 2 aliphatic rings. The summed E-state index contributed by atoms with van der Waals surface area (Å²) in [7, 11) is 0. The van der Waals surface area contributed by atoms with Crippen LogP contribution in [-0.4, -0.2) is 17.3 Å². The Morgan fingerprint density at radius 2 is 1.52 bits per heavy atom. The molecular weight excluding hydrogens is 260 g/mol. The van der Waals surface area contributed by atoms with Crippen molar-refractivity contribution in [1.82, 2.24) is 0 Å². The maximum absolute atomic E-state index is 11.1. The van der Waals surface area contributed by atoms with Crippen molar-refractivity contribution in [1.29, 1.82) is 0 Å². The van der Waals surface area contributed by atoms with E-state index in [4.69, 9.17) is 4.74 Å². The lowest BCUT2D eigenvalue weighted by atomic mass is 9.82. The van der Waals surface area contributed by atoms with Gasteiger partial charge >= 0.3 is 0 Å². The molecule has 2 bridgehead atoms. The number of ether oxygens (including phenoxy) is 1. The Hall–Kier alpha value is -1.64. The SMILES string of the molecule is OC1(c2cccc(-c3ccccc3)c2)CC2CCC(C1)O2. The number of rotatable bonds is 2. The minimum Gasteiger partial charge on any atom is -0.385 e. The highest BCUT2D eigenvalue weighted by Crippen LogP contribution is 2.44. The van der Waals surface area contributed by atoms with E-state index in [9.17, 15) is 5.11 Å². The lowest BCUT2D eigenvalue weighted by molar-refractivity contribution is -0.115. The summed E-state index contributed by atoms with van der Waals surface area (Å²) in [6.45, 7) is 0. The van der Waals surface area contributed by atoms with E-state index in [0.29, 0.717) is 0 Å². The fourth-order valence-corrected chi connectivity index (χ4v) is 3.77.